The van der Waals surface area contributed by atoms with Gasteiger partial charge in [-0.25, -0.2) is 4.79 Å². The fraction of sp³-hybridized carbons (Fsp3) is 0.182. The summed E-state index contributed by atoms with van der Waals surface area (Å²) < 4.78 is 0. The maximum Gasteiger partial charge on any atom is 0.316 e. The Bertz CT molecular complexity index is 478. The van der Waals surface area contributed by atoms with Gasteiger partial charge in [0, 0.05) is 17.1 Å². The summed E-state index contributed by atoms with van der Waals surface area (Å²) in [5.41, 5.74) is 5.54. The van der Waals surface area contributed by atoms with Gasteiger partial charge in [-0.05, 0) is 18.6 Å². The van der Waals surface area contributed by atoms with Crippen LogP contribution in [0.2, 0.25) is 0 Å². The minimum atomic E-state index is -0.133. The number of hydrogen-bond acceptors (Lipinski definition) is 1. The standard InChI is InChI=1S/C11H12N2O.ClH/c1-7(11(12)14)9-6-13-10-5-3-2-4-8(9)10;/h2-7,13H,1H3,(H2,12,14);1H. The van der Waals surface area contributed by atoms with Gasteiger partial charge in [-0.15, -0.1) is 0 Å². The second-order valence-electron chi connectivity index (χ2n) is 3.48. The highest BCUT2D eigenvalue weighted by atomic mass is 35.5. The molecule has 2 aromatic rings. The fourth-order valence-corrected chi connectivity index (χ4v) is 1.63. The van der Waals surface area contributed by atoms with Crippen LogP contribution in [0.5, 0.6) is 0 Å². The third kappa shape index (κ3) is 2.03. The van der Waals surface area contributed by atoms with Crippen molar-refractivity contribution < 1.29 is 22.9 Å². The van der Waals surface area contributed by atoms with E-state index in [0.717, 1.165) is 16.5 Å². The summed E-state index contributed by atoms with van der Waals surface area (Å²) in [6.07, 6.45) is 1.89. The highest BCUT2D eigenvalue weighted by molar-refractivity contribution is 5.88. The van der Waals surface area contributed by atoms with E-state index < -0.39 is 0 Å². The van der Waals surface area contributed by atoms with Gasteiger partial charge in [0.1, 0.15) is 0 Å². The monoisotopic (exact) mass is 224 g/mol. The van der Waals surface area contributed by atoms with Crippen molar-refractivity contribution in [2.75, 3.05) is 0 Å². The molecule has 3 nitrogen and oxygen atoms in total. The molecule has 0 spiro atoms. The number of fused-ring (bicyclic) bond motifs is 1. The molecule has 4 heteroatoms. The summed E-state index contributed by atoms with van der Waals surface area (Å²) in [4.78, 5) is 14.3. The van der Waals surface area contributed by atoms with Crippen molar-refractivity contribution in [1.82, 2.24) is 4.98 Å². The van der Waals surface area contributed by atoms with Crippen LogP contribution in [-0.4, -0.2) is 10.9 Å². The predicted octanol–water partition coefficient (Wildman–Crippen LogP) is -1.96. The summed E-state index contributed by atoms with van der Waals surface area (Å²) in [7, 11) is 0. The maximum atomic E-state index is 11.2. The third-order valence-corrected chi connectivity index (χ3v) is 2.57. The molecule has 0 fully saturated rings. The Morgan fingerprint density at radius 3 is 2.73 bits per heavy atom. The van der Waals surface area contributed by atoms with E-state index in [1.54, 1.807) is 0 Å². The number of para-hydroxylation sites is 1. The van der Waals surface area contributed by atoms with Crippen LogP contribution in [0.15, 0.2) is 30.5 Å². The van der Waals surface area contributed by atoms with E-state index in [4.69, 9.17) is 0 Å². The number of hydrogen-bond donors (Lipinski definition) is 2. The number of aromatic nitrogens is 1. The number of aromatic amines is 1. The van der Waals surface area contributed by atoms with Crippen LogP contribution in [0.25, 0.3) is 10.9 Å². The van der Waals surface area contributed by atoms with Crippen molar-refractivity contribution in [3.63, 3.8) is 0 Å². The lowest BCUT2D eigenvalue weighted by molar-refractivity contribution is -0.307. The van der Waals surface area contributed by atoms with Crippen molar-refractivity contribution >= 4 is 16.8 Å². The molecule has 1 amide bonds. The van der Waals surface area contributed by atoms with Gasteiger partial charge < -0.3 is 17.4 Å². The molecule has 0 saturated heterocycles. The zero-order valence-electron chi connectivity index (χ0n) is 8.46. The molecule has 0 saturated carbocycles. The number of halogens is 1. The molecule has 2 rings (SSSR count). The molecule has 1 heterocycles. The number of carbonyl (C=O) groups excluding carboxylic acids is 1. The number of H-pyrrole nitrogens is 1. The van der Waals surface area contributed by atoms with Crippen LogP contribution in [0, 0.1) is 0 Å². The summed E-state index contributed by atoms with van der Waals surface area (Å²) in [5.74, 6) is -0.180. The molecule has 80 valence electrons. The number of carbonyl (C=O) groups is 1. The Balaban J connectivity index is 0.00000112. The van der Waals surface area contributed by atoms with Gasteiger partial charge in [0.2, 0.25) is 0 Å². The quantitative estimate of drug-likeness (QED) is 0.612. The molecule has 0 aliphatic carbocycles. The zero-order valence-corrected chi connectivity index (χ0v) is 9.21. The Hall–Kier alpha value is -1.32. The van der Waals surface area contributed by atoms with Crippen LogP contribution < -0.4 is 18.1 Å². The summed E-state index contributed by atoms with van der Waals surface area (Å²) in [5, 5.41) is 1.11. The summed E-state index contributed by atoms with van der Waals surface area (Å²) in [6, 6.07) is 7.96. The van der Waals surface area contributed by atoms with Gasteiger partial charge in [0.05, 0.1) is 5.92 Å². The number of quaternary nitrogens is 1. The van der Waals surface area contributed by atoms with E-state index in [1.165, 1.54) is 0 Å². The van der Waals surface area contributed by atoms with Crippen LogP contribution in [0.1, 0.15) is 18.4 Å². The van der Waals surface area contributed by atoms with E-state index in [1.807, 2.05) is 37.4 Å². The molecule has 0 aliphatic heterocycles. The first-order valence-corrected chi connectivity index (χ1v) is 4.62. The van der Waals surface area contributed by atoms with Gasteiger partial charge in [0.25, 0.3) is 0 Å². The second kappa shape index (κ2) is 4.47. The lowest BCUT2D eigenvalue weighted by atomic mass is 10.0. The maximum absolute atomic E-state index is 11.2. The lowest BCUT2D eigenvalue weighted by Gasteiger charge is -2.01. The normalized spacial score (nSPS) is 12.1. The first-order chi connectivity index (χ1) is 6.70. The Morgan fingerprint density at radius 2 is 2.07 bits per heavy atom. The summed E-state index contributed by atoms with van der Waals surface area (Å²) in [6.45, 7) is 1.88. The Labute approximate surface area is 94.1 Å². The van der Waals surface area contributed by atoms with Crippen LogP contribution in [0.4, 0.5) is 0 Å². The molecule has 0 radical (unpaired) electrons. The van der Waals surface area contributed by atoms with E-state index in [0.29, 0.717) is 0 Å². The van der Waals surface area contributed by atoms with Gasteiger partial charge in [0.15, 0.2) is 0 Å². The SMILES string of the molecule is CC(C([NH3+])=O)c1c[nH]c2ccccc12.[Cl-]. The minimum absolute atomic E-state index is 0. The Kier molecular flexibility index (Phi) is 3.50. The second-order valence-corrected chi connectivity index (χ2v) is 3.48. The van der Waals surface area contributed by atoms with Gasteiger partial charge in [-0.3, -0.25) is 5.73 Å². The zero-order chi connectivity index (χ0) is 10.1. The van der Waals surface area contributed by atoms with E-state index in [9.17, 15) is 4.79 Å². The van der Waals surface area contributed by atoms with Crippen molar-refractivity contribution in [2.24, 2.45) is 0 Å². The van der Waals surface area contributed by atoms with Crippen molar-refractivity contribution in [2.45, 2.75) is 12.8 Å². The van der Waals surface area contributed by atoms with E-state index >= 15 is 0 Å². The molecular weight excluding hydrogens is 212 g/mol. The van der Waals surface area contributed by atoms with E-state index in [-0.39, 0.29) is 24.2 Å². The number of rotatable bonds is 2. The minimum Gasteiger partial charge on any atom is -1.00 e. The third-order valence-electron chi connectivity index (χ3n) is 2.57. The molecule has 0 aliphatic rings. The average Bonchev–Trinajstić information content (AvgIpc) is 2.60. The largest absolute Gasteiger partial charge is 1.00 e. The average molecular weight is 225 g/mol. The molecule has 1 atom stereocenters. The molecule has 4 N–H and O–H groups in total. The van der Waals surface area contributed by atoms with Gasteiger partial charge in [-0.1, -0.05) is 18.2 Å². The first kappa shape index (κ1) is 11.8. The highest BCUT2D eigenvalue weighted by Crippen LogP contribution is 2.24. The van der Waals surface area contributed by atoms with Crippen LogP contribution >= 0.6 is 0 Å². The van der Waals surface area contributed by atoms with Crippen molar-refractivity contribution in [1.29, 1.82) is 0 Å². The lowest BCUT2D eigenvalue weighted by Crippen LogP contribution is -3.00. The molecule has 15 heavy (non-hydrogen) atoms. The number of amides is 1. The van der Waals surface area contributed by atoms with Crippen molar-refractivity contribution in [3.8, 4) is 0 Å². The van der Waals surface area contributed by atoms with Crippen molar-refractivity contribution in [3.05, 3.63) is 36.0 Å². The van der Waals surface area contributed by atoms with Gasteiger partial charge in [-0.2, -0.15) is 0 Å². The smallest absolute Gasteiger partial charge is 0.316 e. The van der Waals surface area contributed by atoms with E-state index in [2.05, 4.69) is 10.7 Å². The van der Waals surface area contributed by atoms with Gasteiger partial charge >= 0.3 is 5.91 Å². The molecular formula is C11H13ClN2O. The Morgan fingerprint density at radius 1 is 1.40 bits per heavy atom. The summed E-state index contributed by atoms with van der Waals surface area (Å²) >= 11 is 0. The number of benzene rings is 1. The topological polar surface area (TPSA) is 60.5 Å². The number of nitrogens with one attached hydrogen (secondary N) is 1. The van der Waals surface area contributed by atoms with Crippen LogP contribution in [0.3, 0.4) is 0 Å². The molecule has 0 bridgehead atoms. The molecule has 1 aromatic carbocycles. The first-order valence-electron chi connectivity index (χ1n) is 4.62. The predicted molar refractivity (Wildman–Crippen MR) is 54.6 cm³/mol. The van der Waals surface area contributed by atoms with Crippen LogP contribution in [-0.2, 0) is 4.79 Å². The molecule has 1 aromatic heterocycles. The fourth-order valence-electron chi connectivity index (χ4n) is 1.63. The highest BCUT2D eigenvalue weighted by Gasteiger charge is 2.18. The molecule has 1 unspecified atom stereocenters.